The third-order valence-electron chi connectivity index (χ3n) is 5.83. The van der Waals surface area contributed by atoms with Crippen molar-refractivity contribution in [3.8, 4) is 11.1 Å². The lowest BCUT2D eigenvalue weighted by Crippen LogP contribution is -2.48. The van der Waals surface area contributed by atoms with Crippen LogP contribution >= 0.6 is 0 Å². The van der Waals surface area contributed by atoms with E-state index in [1.165, 1.54) is 0 Å². The fourth-order valence-corrected chi connectivity index (χ4v) is 4.17. The van der Waals surface area contributed by atoms with E-state index in [9.17, 15) is 9.59 Å². The molecule has 0 aliphatic heterocycles. The molecule has 3 amide bonds. The van der Waals surface area contributed by atoms with Crippen LogP contribution < -0.4 is 16.0 Å². The van der Waals surface area contributed by atoms with Gasteiger partial charge < -0.3 is 15.8 Å². The highest BCUT2D eigenvalue weighted by atomic mass is 16.6. The molecule has 0 unspecified atom stereocenters. The largest absolute Gasteiger partial charge is 0.446 e. The van der Waals surface area contributed by atoms with Gasteiger partial charge in [0.05, 0.1) is 6.20 Å². The Bertz CT molecular complexity index is 1080. The van der Waals surface area contributed by atoms with Crippen molar-refractivity contribution < 1.29 is 14.3 Å². The maximum Gasteiger partial charge on any atom is 0.404 e. The standard InChI is InChI=1S/C24H28N6O3/c1-29-16-19(15-28-29)18-7-12-22(26-14-18)30(20-8-10-21(11-9-20)33-23(25)31)24(32)27-13-17-5-3-2-4-6-17/h2-7,12,14-16,20-21H,8-11,13H2,1H3,(H2,25,31)(H,27,32). The molecular formula is C24H28N6O3. The molecule has 9 nitrogen and oxygen atoms in total. The molecule has 33 heavy (non-hydrogen) atoms. The monoisotopic (exact) mass is 448 g/mol. The lowest BCUT2D eigenvalue weighted by molar-refractivity contribution is 0.0786. The minimum absolute atomic E-state index is 0.0646. The van der Waals surface area contributed by atoms with Gasteiger partial charge in [-0.3, -0.25) is 9.58 Å². The molecule has 3 aromatic rings. The minimum atomic E-state index is -0.761. The Morgan fingerprint density at radius 3 is 2.45 bits per heavy atom. The summed E-state index contributed by atoms with van der Waals surface area (Å²) < 4.78 is 6.89. The van der Waals surface area contributed by atoms with Crippen LogP contribution in [-0.4, -0.2) is 39.0 Å². The fourth-order valence-electron chi connectivity index (χ4n) is 4.17. The number of rotatable bonds is 6. The normalized spacial score (nSPS) is 17.8. The highest BCUT2D eigenvalue weighted by Gasteiger charge is 2.32. The van der Waals surface area contributed by atoms with Crippen LogP contribution in [0.3, 0.4) is 0 Å². The topological polar surface area (TPSA) is 115 Å². The maximum atomic E-state index is 13.3. The van der Waals surface area contributed by atoms with E-state index in [4.69, 9.17) is 10.5 Å². The number of nitrogens with two attached hydrogens (primary N) is 1. The van der Waals surface area contributed by atoms with Gasteiger partial charge in [-0.15, -0.1) is 0 Å². The second-order valence-electron chi connectivity index (χ2n) is 8.19. The van der Waals surface area contributed by atoms with Crippen LogP contribution in [0, 0.1) is 0 Å². The van der Waals surface area contributed by atoms with Crippen molar-refractivity contribution in [3.05, 3.63) is 66.6 Å². The van der Waals surface area contributed by atoms with Gasteiger partial charge in [0, 0.05) is 43.2 Å². The van der Waals surface area contributed by atoms with Crippen LogP contribution in [0.1, 0.15) is 31.2 Å². The Morgan fingerprint density at radius 2 is 1.85 bits per heavy atom. The van der Waals surface area contributed by atoms with Gasteiger partial charge in [-0.25, -0.2) is 14.6 Å². The van der Waals surface area contributed by atoms with E-state index >= 15 is 0 Å². The number of anilines is 1. The van der Waals surface area contributed by atoms with Crippen LogP contribution in [0.25, 0.3) is 11.1 Å². The van der Waals surface area contributed by atoms with Gasteiger partial charge in [0.15, 0.2) is 0 Å². The predicted octanol–water partition coefficient (Wildman–Crippen LogP) is 3.60. The number of hydrogen-bond acceptors (Lipinski definition) is 5. The molecule has 1 aliphatic carbocycles. The predicted molar refractivity (Wildman–Crippen MR) is 124 cm³/mol. The van der Waals surface area contributed by atoms with E-state index in [0.29, 0.717) is 38.0 Å². The molecule has 1 aliphatic rings. The molecular weight excluding hydrogens is 420 g/mol. The zero-order chi connectivity index (χ0) is 23.2. The van der Waals surface area contributed by atoms with E-state index in [1.54, 1.807) is 22.0 Å². The number of urea groups is 1. The van der Waals surface area contributed by atoms with Gasteiger partial charge >= 0.3 is 12.1 Å². The van der Waals surface area contributed by atoms with E-state index in [1.807, 2.05) is 55.7 Å². The zero-order valence-corrected chi connectivity index (χ0v) is 18.6. The van der Waals surface area contributed by atoms with Crippen molar-refractivity contribution in [2.45, 2.75) is 44.4 Å². The smallest absolute Gasteiger partial charge is 0.404 e. The SMILES string of the molecule is Cn1cc(-c2ccc(N(C(=O)NCc3ccccc3)C3CCC(OC(N)=O)CC3)nc2)cn1. The molecule has 172 valence electrons. The van der Waals surface area contributed by atoms with Crippen LogP contribution in [0.4, 0.5) is 15.4 Å². The number of pyridine rings is 1. The fraction of sp³-hybridized carbons (Fsp3) is 0.333. The van der Waals surface area contributed by atoms with Gasteiger partial charge in [-0.1, -0.05) is 30.3 Å². The quantitative estimate of drug-likeness (QED) is 0.598. The van der Waals surface area contributed by atoms with Gasteiger partial charge in [-0.05, 0) is 43.4 Å². The van der Waals surface area contributed by atoms with Crippen molar-refractivity contribution in [2.75, 3.05) is 4.90 Å². The van der Waals surface area contributed by atoms with Crippen LogP contribution in [-0.2, 0) is 18.3 Å². The highest BCUT2D eigenvalue weighted by molar-refractivity contribution is 5.91. The third kappa shape index (κ3) is 5.68. The summed E-state index contributed by atoms with van der Waals surface area (Å²) in [6.07, 6.45) is 7.13. The molecule has 0 spiro atoms. The summed E-state index contributed by atoms with van der Waals surface area (Å²) in [5, 5.41) is 7.22. The summed E-state index contributed by atoms with van der Waals surface area (Å²) in [6.45, 7) is 0.421. The van der Waals surface area contributed by atoms with Crippen molar-refractivity contribution >= 4 is 17.9 Å². The number of nitrogens with one attached hydrogen (secondary N) is 1. The van der Waals surface area contributed by atoms with Crippen molar-refractivity contribution in [1.82, 2.24) is 20.1 Å². The minimum Gasteiger partial charge on any atom is -0.446 e. The lowest BCUT2D eigenvalue weighted by Gasteiger charge is -2.36. The van der Waals surface area contributed by atoms with Crippen LogP contribution in [0.15, 0.2) is 61.1 Å². The summed E-state index contributed by atoms with van der Waals surface area (Å²) in [7, 11) is 1.86. The summed E-state index contributed by atoms with van der Waals surface area (Å²) in [6, 6.07) is 13.3. The molecule has 0 radical (unpaired) electrons. The van der Waals surface area contributed by atoms with E-state index in [2.05, 4.69) is 15.4 Å². The molecule has 0 bridgehead atoms. The average Bonchev–Trinajstić information content (AvgIpc) is 3.26. The van der Waals surface area contributed by atoms with E-state index < -0.39 is 6.09 Å². The molecule has 2 aromatic heterocycles. The summed E-state index contributed by atoms with van der Waals surface area (Å²) >= 11 is 0. The molecule has 3 N–H and O–H groups in total. The molecule has 1 fully saturated rings. The van der Waals surface area contributed by atoms with Gasteiger partial charge in [0.25, 0.3) is 0 Å². The Kier molecular flexibility index (Phi) is 6.87. The maximum absolute atomic E-state index is 13.3. The number of ether oxygens (including phenoxy) is 1. The highest BCUT2D eigenvalue weighted by Crippen LogP contribution is 2.29. The van der Waals surface area contributed by atoms with Crippen molar-refractivity contribution in [1.29, 1.82) is 0 Å². The van der Waals surface area contributed by atoms with Gasteiger partial charge in [0.1, 0.15) is 11.9 Å². The number of hydrogen-bond donors (Lipinski definition) is 2. The summed E-state index contributed by atoms with van der Waals surface area (Å²) in [5.74, 6) is 0.576. The summed E-state index contributed by atoms with van der Waals surface area (Å²) in [5.41, 5.74) is 8.07. The number of benzene rings is 1. The van der Waals surface area contributed by atoms with Crippen LogP contribution in [0.2, 0.25) is 0 Å². The number of nitrogens with zero attached hydrogens (tertiary/aromatic N) is 4. The molecule has 0 atom stereocenters. The van der Waals surface area contributed by atoms with Crippen molar-refractivity contribution in [2.24, 2.45) is 12.8 Å². The number of aromatic nitrogens is 3. The molecule has 2 heterocycles. The second kappa shape index (κ2) is 10.2. The van der Waals surface area contributed by atoms with E-state index in [0.717, 1.165) is 16.7 Å². The Hall–Kier alpha value is -3.88. The first kappa shape index (κ1) is 22.3. The number of primary amides is 1. The second-order valence-corrected chi connectivity index (χ2v) is 8.19. The molecule has 9 heteroatoms. The zero-order valence-electron chi connectivity index (χ0n) is 18.6. The van der Waals surface area contributed by atoms with Crippen molar-refractivity contribution in [3.63, 3.8) is 0 Å². The first-order valence-electron chi connectivity index (χ1n) is 11.0. The number of amides is 3. The Morgan fingerprint density at radius 1 is 1.09 bits per heavy atom. The first-order valence-corrected chi connectivity index (χ1v) is 11.0. The molecule has 0 saturated heterocycles. The lowest BCUT2D eigenvalue weighted by atomic mass is 9.92. The third-order valence-corrected chi connectivity index (χ3v) is 5.83. The molecule has 4 rings (SSSR count). The van der Waals surface area contributed by atoms with Crippen LogP contribution in [0.5, 0.6) is 0 Å². The Balaban J connectivity index is 1.52. The van der Waals surface area contributed by atoms with E-state index in [-0.39, 0.29) is 18.2 Å². The number of aryl methyl sites for hydroxylation is 1. The molecule has 1 aromatic carbocycles. The number of carbonyl (C=O) groups is 2. The molecule has 1 saturated carbocycles. The van der Waals surface area contributed by atoms with Gasteiger partial charge in [0.2, 0.25) is 0 Å². The van der Waals surface area contributed by atoms with Gasteiger partial charge in [-0.2, -0.15) is 5.10 Å². The Labute approximate surface area is 192 Å². The first-order chi connectivity index (χ1) is 16.0. The average molecular weight is 449 g/mol. The number of carbonyl (C=O) groups excluding carboxylic acids is 2. The summed E-state index contributed by atoms with van der Waals surface area (Å²) in [4.78, 5) is 30.7.